The SMILES string of the molecule is COc1ccc(CCNCC(O)COc2ccc(C(C)=CC#N)cc2)cc1OC. The molecule has 1 unspecified atom stereocenters. The molecule has 0 saturated heterocycles. The number of benzene rings is 2. The van der Waals surface area contributed by atoms with E-state index in [1.54, 1.807) is 14.2 Å². The van der Waals surface area contributed by atoms with Crippen molar-refractivity contribution in [3.63, 3.8) is 0 Å². The summed E-state index contributed by atoms with van der Waals surface area (Å²) in [6.45, 7) is 3.26. The summed E-state index contributed by atoms with van der Waals surface area (Å²) in [6.07, 6.45) is 1.71. The fourth-order valence-electron chi connectivity index (χ4n) is 2.78. The highest BCUT2D eigenvalue weighted by Gasteiger charge is 2.07. The molecule has 1 atom stereocenters. The lowest BCUT2D eigenvalue weighted by atomic mass is 10.1. The number of nitrogens with zero attached hydrogens (tertiary/aromatic N) is 1. The molecule has 0 aliphatic carbocycles. The number of rotatable bonds is 11. The first kappa shape index (κ1) is 22.3. The van der Waals surface area contributed by atoms with E-state index in [1.807, 2.05) is 55.5 Å². The monoisotopic (exact) mass is 396 g/mol. The normalized spacial score (nSPS) is 12.2. The minimum absolute atomic E-state index is 0.204. The second-order valence-electron chi connectivity index (χ2n) is 6.59. The molecule has 0 saturated carbocycles. The number of nitrogens with one attached hydrogen (secondary N) is 1. The van der Waals surface area contributed by atoms with Gasteiger partial charge in [0.25, 0.3) is 0 Å². The second-order valence-corrected chi connectivity index (χ2v) is 6.59. The molecule has 0 fully saturated rings. The van der Waals surface area contributed by atoms with Crippen molar-refractivity contribution in [1.82, 2.24) is 5.32 Å². The van der Waals surface area contributed by atoms with E-state index in [9.17, 15) is 5.11 Å². The predicted octanol–water partition coefficient (Wildman–Crippen LogP) is 3.20. The Kier molecular flexibility index (Phi) is 9.03. The molecule has 0 heterocycles. The van der Waals surface area contributed by atoms with E-state index in [-0.39, 0.29) is 6.61 Å². The molecule has 0 aromatic heterocycles. The molecule has 154 valence electrons. The van der Waals surface area contributed by atoms with Crippen LogP contribution in [0.3, 0.4) is 0 Å². The Labute approximate surface area is 172 Å². The van der Waals surface area contributed by atoms with Crippen LogP contribution in [0.25, 0.3) is 5.57 Å². The molecule has 2 aromatic carbocycles. The molecule has 6 nitrogen and oxygen atoms in total. The number of nitriles is 1. The van der Waals surface area contributed by atoms with Crippen molar-refractivity contribution < 1.29 is 19.3 Å². The summed E-state index contributed by atoms with van der Waals surface area (Å²) in [5, 5.41) is 22.0. The van der Waals surface area contributed by atoms with Crippen LogP contribution in [0.1, 0.15) is 18.1 Å². The first-order valence-electron chi connectivity index (χ1n) is 9.46. The molecule has 0 spiro atoms. The van der Waals surface area contributed by atoms with E-state index in [0.29, 0.717) is 23.8 Å². The second kappa shape index (κ2) is 11.7. The summed E-state index contributed by atoms with van der Waals surface area (Å²) < 4.78 is 16.2. The lowest BCUT2D eigenvalue weighted by Crippen LogP contribution is -2.32. The molecule has 0 aliphatic heterocycles. The number of hydrogen-bond donors (Lipinski definition) is 2. The van der Waals surface area contributed by atoms with Gasteiger partial charge in [0.05, 0.1) is 20.3 Å². The average Bonchev–Trinajstić information content (AvgIpc) is 2.75. The van der Waals surface area contributed by atoms with Gasteiger partial charge in [0, 0.05) is 12.6 Å². The molecular weight excluding hydrogens is 368 g/mol. The summed E-state index contributed by atoms with van der Waals surface area (Å²) in [5.74, 6) is 2.10. The standard InChI is InChI=1S/C23H28N2O4/c1-17(10-12-24)19-5-7-21(8-6-19)29-16-20(26)15-25-13-11-18-4-9-22(27-2)23(14-18)28-3/h4-10,14,20,25-26H,11,13,15-16H2,1-3H3. The molecule has 0 amide bonds. The molecular formula is C23H28N2O4. The number of aliphatic hydroxyl groups excluding tert-OH is 1. The fraction of sp³-hybridized carbons (Fsp3) is 0.348. The molecule has 2 aromatic rings. The summed E-state index contributed by atoms with van der Waals surface area (Å²) in [6, 6.07) is 15.3. The highest BCUT2D eigenvalue weighted by atomic mass is 16.5. The lowest BCUT2D eigenvalue weighted by Gasteiger charge is -2.14. The van der Waals surface area contributed by atoms with Crippen LogP contribution < -0.4 is 19.5 Å². The summed E-state index contributed by atoms with van der Waals surface area (Å²) >= 11 is 0. The van der Waals surface area contributed by atoms with Crippen LogP contribution in [0.5, 0.6) is 17.2 Å². The molecule has 29 heavy (non-hydrogen) atoms. The zero-order valence-electron chi connectivity index (χ0n) is 17.1. The lowest BCUT2D eigenvalue weighted by molar-refractivity contribution is 0.106. The van der Waals surface area contributed by atoms with E-state index >= 15 is 0 Å². The maximum atomic E-state index is 10.1. The van der Waals surface area contributed by atoms with E-state index in [0.717, 1.165) is 29.7 Å². The minimum atomic E-state index is -0.611. The van der Waals surface area contributed by atoms with E-state index in [4.69, 9.17) is 19.5 Å². The molecule has 6 heteroatoms. The summed E-state index contributed by atoms with van der Waals surface area (Å²) in [7, 11) is 3.23. The van der Waals surface area contributed by atoms with Gasteiger partial charge >= 0.3 is 0 Å². The Bertz CT molecular complexity index is 841. The highest BCUT2D eigenvalue weighted by Crippen LogP contribution is 2.27. The topological polar surface area (TPSA) is 83.7 Å². The molecule has 0 aliphatic rings. The van der Waals surface area contributed by atoms with E-state index < -0.39 is 6.10 Å². The maximum absolute atomic E-state index is 10.1. The van der Waals surface area contributed by atoms with Gasteiger partial charge in [-0.1, -0.05) is 18.2 Å². The average molecular weight is 396 g/mol. The van der Waals surface area contributed by atoms with E-state index in [1.165, 1.54) is 6.08 Å². The van der Waals surface area contributed by atoms with Gasteiger partial charge in [0.15, 0.2) is 11.5 Å². The predicted molar refractivity (Wildman–Crippen MR) is 113 cm³/mol. The fourth-order valence-corrected chi connectivity index (χ4v) is 2.78. The van der Waals surface area contributed by atoms with Crippen LogP contribution in [0.15, 0.2) is 48.5 Å². The van der Waals surface area contributed by atoms with Crippen molar-refractivity contribution in [2.75, 3.05) is 33.9 Å². The Morgan fingerprint density at radius 1 is 1.14 bits per heavy atom. The van der Waals surface area contributed by atoms with Crippen LogP contribution in [0.4, 0.5) is 0 Å². The largest absolute Gasteiger partial charge is 0.493 e. The van der Waals surface area contributed by atoms with Gasteiger partial charge in [0.1, 0.15) is 18.5 Å². The quantitative estimate of drug-likeness (QED) is 0.448. The van der Waals surface area contributed by atoms with Gasteiger partial charge in [-0.05, 0) is 60.9 Å². The summed E-state index contributed by atoms with van der Waals surface area (Å²) in [5.41, 5.74) is 3.00. The Morgan fingerprint density at radius 2 is 1.86 bits per heavy atom. The van der Waals surface area contributed by atoms with E-state index in [2.05, 4.69) is 5.32 Å². The number of hydrogen-bond acceptors (Lipinski definition) is 6. The molecule has 2 rings (SSSR count). The number of ether oxygens (including phenoxy) is 3. The van der Waals surface area contributed by atoms with Crippen LogP contribution >= 0.6 is 0 Å². The van der Waals surface area contributed by atoms with Crippen molar-refractivity contribution in [2.45, 2.75) is 19.4 Å². The Balaban J connectivity index is 1.70. The van der Waals surface area contributed by atoms with Crippen LogP contribution in [-0.2, 0) is 6.42 Å². The van der Waals surface area contributed by atoms with Crippen molar-refractivity contribution in [1.29, 1.82) is 5.26 Å². The van der Waals surface area contributed by atoms with Crippen LogP contribution in [0.2, 0.25) is 0 Å². The molecule has 0 bridgehead atoms. The van der Waals surface area contributed by atoms with Gasteiger partial charge in [-0.3, -0.25) is 0 Å². The van der Waals surface area contributed by atoms with Crippen LogP contribution in [0, 0.1) is 11.3 Å². The van der Waals surface area contributed by atoms with Gasteiger partial charge < -0.3 is 24.6 Å². The Morgan fingerprint density at radius 3 is 2.52 bits per heavy atom. The minimum Gasteiger partial charge on any atom is -0.493 e. The zero-order chi connectivity index (χ0) is 21.1. The van der Waals surface area contributed by atoms with Crippen molar-refractivity contribution >= 4 is 5.57 Å². The van der Waals surface area contributed by atoms with Crippen molar-refractivity contribution in [3.05, 3.63) is 59.7 Å². The first-order chi connectivity index (χ1) is 14.1. The third kappa shape index (κ3) is 7.15. The third-order valence-electron chi connectivity index (χ3n) is 4.45. The molecule has 2 N–H and O–H groups in total. The molecule has 0 radical (unpaired) electrons. The highest BCUT2D eigenvalue weighted by molar-refractivity contribution is 5.66. The smallest absolute Gasteiger partial charge is 0.160 e. The van der Waals surface area contributed by atoms with Gasteiger partial charge in [-0.25, -0.2) is 0 Å². The zero-order valence-corrected chi connectivity index (χ0v) is 17.1. The number of aliphatic hydroxyl groups is 1. The van der Waals surface area contributed by atoms with Crippen molar-refractivity contribution in [2.24, 2.45) is 0 Å². The number of methoxy groups -OCH3 is 2. The first-order valence-corrected chi connectivity index (χ1v) is 9.46. The summed E-state index contributed by atoms with van der Waals surface area (Å²) in [4.78, 5) is 0. The van der Waals surface area contributed by atoms with Gasteiger partial charge in [0.2, 0.25) is 0 Å². The van der Waals surface area contributed by atoms with Gasteiger partial charge in [-0.15, -0.1) is 0 Å². The Hall–Kier alpha value is -3.01. The van der Waals surface area contributed by atoms with Crippen LogP contribution in [-0.4, -0.2) is 45.1 Å². The number of allylic oxidation sites excluding steroid dienone is 2. The maximum Gasteiger partial charge on any atom is 0.160 e. The third-order valence-corrected chi connectivity index (χ3v) is 4.45. The van der Waals surface area contributed by atoms with Crippen molar-refractivity contribution in [3.8, 4) is 23.3 Å². The van der Waals surface area contributed by atoms with Gasteiger partial charge in [-0.2, -0.15) is 5.26 Å².